The summed E-state index contributed by atoms with van der Waals surface area (Å²) in [5.74, 6) is 2.66. The molecule has 2 aromatic heterocycles. The van der Waals surface area contributed by atoms with Gasteiger partial charge in [-0.05, 0) is 45.7 Å². The van der Waals surface area contributed by atoms with Crippen molar-refractivity contribution >= 4 is 34.1 Å². The molecule has 11 heteroatoms. The van der Waals surface area contributed by atoms with Crippen molar-refractivity contribution in [2.75, 3.05) is 18.2 Å². The predicted molar refractivity (Wildman–Crippen MR) is 138 cm³/mol. The fraction of sp³-hybridized carbons (Fsp3) is 0.542. The van der Waals surface area contributed by atoms with Crippen molar-refractivity contribution in [2.24, 2.45) is 0 Å². The van der Waals surface area contributed by atoms with Crippen LogP contribution in [0.5, 0.6) is 11.5 Å². The summed E-state index contributed by atoms with van der Waals surface area (Å²) >= 11 is 2.83. The van der Waals surface area contributed by atoms with E-state index in [9.17, 15) is 4.79 Å². The van der Waals surface area contributed by atoms with Crippen molar-refractivity contribution in [3.8, 4) is 11.5 Å². The second kappa shape index (κ2) is 11.9. The maximum Gasteiger partial charge on any atom is 0.236 e. The van der Waals surface area contributed by atoms with E-state index in [0.717, 1.165) is 23.6 Å². The number of anilines is 1. The molecule has 1 amide bonds. The highest BCUT2D eigenvalue weighted by molar-refractivity contribution is 7.99. The molecule has 1 aliphatic rings. The average Bonchev–Trinajstić information content (AvgIpc) is 3.51. The van der Waals surface area contributed by atoms with E-state index < -0.39 is 0 Å². The van der Waals surface area contributed by atoms with Gasteiger partial charge in [-0.15, -0.1) is 20.4 Å². The van der Waals surface area contributed by atoms with E-state index in [1.807, 2.05) is 35.8 Å². The molecule has 35 heavy (non-hydrogen) atoms. The fourth-order valence-corrected chi connectivity index (χ4v) is 5.97. The quantitative estimate of drug-likeness (QED) is 0.345. The van der Waals surface area contributed by atoms with Crippen molar-refractivity contribution in [1.82, 2.24) is 25.0 Å². The number of hydrogen-bond acceptors (Lipinski definition) is 9. The molecule has 1 atom stereocenters. The Labute approximate surface area is 214 Å². The smallest absolute Gasteiger partial charge is 0.236 e. The van der Waals surface area contributed by atoms with E-state index in [2.05, 4.69) is 39.6 Å². The van der Waals surface area contributed by atoms with Crippen LogP contribution >= 0.6 is 23.1 Å². The summed E-state index contributed by atoms with van der Waals surface area (Å²) in [5, 5.41) is 22.4. The zero-order valence-electron chi connectivity index (χ0n) is 20.6. The molecule has 1 aromatic carbocycles. The Bertz CT molecular complexity index is 1130. The highest BCUT2D eigenvalue weighted by Crippen LogP contribution is 2.35. The monoisotopic (exact) mass is 516 g/mol. The molecule has 2 heterocycles. The van der Waals surface area contributed by atoms with Crippen LogP contribution in [0.15, 0.2) is 29.4 Å². The van der Waals surface area contributed by atoms with Crippen LogP contribution in [0.4, 0.5) is 5.13 Å². The maximum atomic E-state index is 12.6. The highest BCUT2D eigenvalue weighted by Gasteiger charge is 2.23. The minimum absolute atomic E-state index is 0.100. The summed E-state index contributed by atoms with van der Waals surface area (Å²) in [7, 11) is 1.62. The second-order valence-electron chi connectivity index (χ2n) is 8.86. The maximum absolute atomic E-state index is 12.6. The third-order valence-electron chi connectivity index (χ3n) is 5.90. The molecule has 0 saturated heterocycles. The number of ether oxygens (including phenoxy) is 2. The summed E-state index contributed by atoms with van der Waals surface area (Å²) in [4.78, 5) is 12.6. The standard InChI is InChI=1S/C24H32N6O3S2/c1-15(2)30-21(16(3)33-19-12-8-11-18(13-19)32-4)26-29-24(30)34-14-20(31)25-23-28-27-22(35-23)17-9-6-5-7-10-17/h8,11-13,15-17H,5-7,9-10,14H2,1-4H3,(H,25,28,31). The molecule has 0 radical (unpaired) electrons. The fourth-order valence-electron chi connectivity index (χ4n) is 4.17. The zero-order valence-corrected chi connectivity index (χ0v) is 22.2. The number of hydrogen-bond donors (Lipinski definition) is 1. The van der Waals surface area contributed by atoms with Gasteiger partial charge >= 0.3 is 0 Å². The van der Waals surface area contributed by atoms with Crippen LogP contribution in [0.3, 0.4) is 0 Å². The predicted octanol–water partition coefficient (Wildman–Crippen LogP) is 5.64. The molecule has 0 spiro atoms. The van der Waals surface area contributed by atoms with Crippen LogP contribution < -0.4 is 14.8 Å². The Balaban J connectivity index is 1.36. The van der Waals surface area contributed by atoms with E-state index >= 15 is 0 Å². The van der Waals surface area contributed by atoms with Crippen LogP contribution in [-0.4, -0.2) is 43.7 Å². The number of thioether (sulfide) groups is 1. The first-order valence-electron chi connectivity index (χ1n) is 12.0. The van der Waals surface area contributed by atoms with Crippen molar-refractivity contribution in [2.45, 2.75) is 76.1 Å². The van der Waals surface area contributed by atoms with E-state index in [4.69, 9.17) is 9.47 Å². The zero-order chi connectivity index (χ0) is 24.8. The SMILES string of the molecule is COc1cccc(OC(C)c2nnc(SCC(=O)Nc3nnc(C4CCCCC4)s3)n2C(C)C)c1. The summed E-state index contributed by atoms with van der Waals surface area (Å²) in [6.45, 7) is 6.05. The van der Waals surface area contributed by atoms with Gasteiger partial charge in [-0.3, -0.25) is 10.1 Å². The van der Waals surface area contributed by atoms with Crippen LogP contribution in [0.2, 0.25) is 0 Å². The van der Waals surface area contributed by atoms with Crippen LogP contribution in [0.25, 0.3) is 0 Å². The Morgan fingerprint density at radius 2 is 1.91 bits per heavy atom. The minimum atomic E-state index is -0.334. The van der Waals surface area contributed by atoms with Gasteiger partial charge in [-0.25, -0.2) is 0 Å². The van der Waals surface area contributed by atoms with Gasteiger partial charge in [0.05, 0.1) is 12.9 Å². The Hall–Kier alpha value is -2.66. The molecule has 1 aliphatic carbocycles. The number of nitrogens with one attached hydrogen (secondary N) is 1. The number of nitrogens with zero attached hydrogens (tertiary/aromatic N) is 5. The number of methoxy groups -OCH3 is 1. The summed E-state index contributed by atoms with van der Waals surface area (Å²) in [6, 6.07) is 7.56. The minimum Gasteiger partial charge on any atom is -0.497 e. The van der Waals surface area contributed by atoms with E-state index in [1.165, 1.54) is 42.4 Å². The molecule has 1 N–H and O–H groups in total. The first-order valence-corrected chi connectivity index (χ1v) is 13.8. The molecule has 1 unspecified atom stereocenters. The van der Waals surface area contributed by atoms with Gasteiger partial charge in [0.2, 0.25) is 11.0 Å². The van der Waals surface area contributed by atoms with Gasteiger partial charge in [-0.1, -0.05) is 48.4 Å². The van der Waals surface area contributed by atoms with Crippen molar-refractivity contribution in [1.29, 1.82) is 0 Å². The molecule has 3 aromatic rings. The molecular formula is C24H32N6O3S2. The molecule has 1 saturated carbocycles. The van der Waals surface area contributed by atoms with Crippen LogP contribution in [0, 0.1) is 0 Å². The number of carbonyl (C=O) groups excluding carboxylic acids is 1. The van der Waals surface area contributed by atoms with Crippen molar-refractivity contribution in [3.05, 3.63) is 35.1 Å². The van der Waals surface area contributed by atoms with Gasteiger partial charge in [0.1, 0.15) is 16.5 Å². The topological polar surface area (TPSA) is 104 Å². The third kappa shape index (κ3) is 6.52. The lowest BCUT2D eigenvalue weighted by molar-refractivity contribution is -0.113. The molecule has 0 bridgehead atoms. The Morgan fingerprint density at radius 1 is 1.14 bits per heavy atom. The molecular weight excluding hydrogens is 484 g/mol. The van der Waals surface area contributed by atoms with Gasteiger partial charge in [0.25, 0.3) is 0 Å². The van der Waals surface area contributed by atoms with Crippen LogP contribution in [0.1, 0.15) is 81.8 Å². The summed E-state index contributed by atoms with van der Waals surface area (Å²) in [6.07, 6.45) is 5.76. The van der Waals surface area contributed by atoms with E-state index in [0.29, 0.717) is 27.8 Å². The van der Waals surface area contributed by atoms with Gasteiger partial charge < -0.3 is 14.0 Å². The van der Waals surface area contributed by atoms with Gasteiger partial charge in [-0.2, -0.15) is 0 Å². The number of amides is 1. The van der Waals surface area contributed by atoms with Gasteiger partial charge in [0, 0.05) is 18.0 Å². The number of aromatic nitrogens is 5. The third-order valence-corrected chi connectivity index (χ3v) is 7.84. The lowest BCUT2D eigenvalue weighted by atomic mass is 9.90. The Morgan fingerprint density at radius 3 is 2.66 bits per heavy atom. The van der Waals surface area contributed by atoms with Crippen molar-refractivity contribution in [3.63, 3.8) is 0 Å². The summed E-state index contributed by atoms with van der Waals surface area (Å²) < 4.78 is 13.4. The lowest BCUT2D eigenvalue weighted by Crippen LogP contribution is -2.16. The van der Waals surface area contributed by atoms with Crippen LogP contribution in [-0.2, 0) is 4.79 Å². The first kappa shape index (κ1) is 25.4. The molecule has 9 nitrogen and oxygen atoms in total. The molecule has 1 fully saturated rings. The largest absolute Gasteiger partial charge is 0.497 e. The second-order valence-corrected chi connectivity index (χ2v) is 10.8. The summed E-state index contributed by atoms with van der Waals surface area (Å²) in [5.41, 5.74) is 0. The Kier molecular flexibility index (Phi) is 8.61. The van der Waals surface area contributed by atoms with Gasteiger partial charge in [0.15, 0.2) is 17.1 Å². The number of carbonyl (C=O) groups is 1. The molecule has 188 valence electrons. The number of rotatable bonds is 10. The average molecular weight is 517 g/mol. The molecule has 4 rings (SSSR count). The number of benzene rings is 1. The first-order chi connectivity index (χ1) is 16.9. The highest BCUT2D eigenvalue weighted by atomic mass is 32.2. The van der Waals surface area contributed by atoms with E-state index in [-0.39, 0.29) is 23.8 Å². The normalized spacial score (nSPS) is 15.2. The van der Waals surface area contributed by atoms with Crippen molar-refractivity contribution < 1.29 is 14.3 Å². The molecule has 0 aliphatic heterocycles. The van der Waals surface area contributed by atoms with E-state index in [1.54, 1.807) is 7.11 Å². The lowest BCUT2D eigenvalue weighted by Gasteiger charge is -2.19.